The number of nitrogens with zero attached hydrogens (tertiary/aromatic N) is 1. The summed E-state index contributed by atoms with van der Waals surface area (Å²) in [4.78, 5) is 2.59. The number of rotatable bonds is 6. The van der Waals surface area contributed by atoms with Gasteiger partial charge in [0, 0.05) is 6.04 Å². The first-order chi connectivity index (χ1) is 7.72. The largest absolute Gasteiger partial charge is 0.301 e. The Kier molecular flexibility index (Phi) is 4.68. The normalized spacial score (nSPS) is 33.5. The van der Waals surface area contributed by atoms with Gasteiger partial charge in [-0.05, 0) is 62.9 Å². The van der Waals surface area contributed by atoms with Crippen molar-refractivity contribution in [1.82, 2.24) is 4.90 Å². The molecular weight excluding hydrogens is 206 g/mol. The van der Waals surface area contributed by atoms with Crippen molar-refractivity contribution in [3.63, 3.8) is 0 Å². The summed E-state index contributed by atoms with van der Waals surface area (Å²) in [5.74, 6) is 0.836. The van der Waals surface area contributed by atoms with E-state index in [1.54, 1.807) is 0 Å². The zero-order valence-corrected chi connectivity index (χ0v) is 13.1. The molecule has 0 radical (unpaired) electrons. The minimum absolute atomic E-state index is 0.612. The van der Waals surface area contributed by atoms with Crippen LogP contribution in [0.5, 0.6) is 0 Å². The van der Waals surface area contributed by atoms with Crippen molar-refractivity contribution in [2.45, 2.75) is 73.8 Å². The molecule has 1 heteroatoms. The molecule has 1 fully saturated rings. The third-order valence-electron chi connectivity index (χ3n) is 5.19. The van der Waals surface area contributed by atoms with Crippen LogP contribution in [0.3, 0.4) is 0 Å². The van der Waals surface area contributed by atoms with E-state index in [1.807, 2.05) is 0 Å². The van der Waals surface area contributed by atoms with Crippen molar-refractivity contribution in [3.8, 4) is 0 Å². The molecule has 0 bridgehead atoms. The molecule has 1 aliphatic carbocycles. The number of hydrogen-bond donors (Lipinski definition) is 0. The molecule has 0 aromatic rings. The fraction of sp³-hybridized carbons (Fsp3) is 1.00. The average molecular weight is 239 g/mol. The van der Waals surface area contributed by atoms with Crippen molar-refractivity contribution in [1.29, 1.82) is 0 Å². The summed E-state index contributed by atoms with van der Waals surface area (Å²) >= 11 is 0. The first-order valence-corrected chi connectivity index (χ1v) is 7.46. The summed E-state index contributed by atoms with van der Waals surface area (Å²) in [5, 5.41) is 0. The Bertz CT molecular complexity index is 236. The van der Waals surface area contributed by atoms with Gasteiger partial charge in [-0.25, -0.2) is 0 Å². The molecule has 1 rings (SSSR count). The van der Waals surface area contributed by atoms with E-state index in [4.69, 9.17) is 0 Å². The molecule has 17 heavy (non-hydrogen) atoms. The van der Waals surface area contributed by atoms with Crippen LogP contribution in [0.4, 0.5) is 0 Å². The van der Waals surface area contributed by atoms with Crippen molar-refractivity contribution >= 4 is 0 Å². The molecule has 0 amide bonds. The predicted molar refractivity (Wildman–Crippen MR) is 77.3 cm³/mol. The Labute approximate surface area is 109 Å². The van der Waals surface area contributed by atoms with Gasteiger partial charge in [0.1, 0.15) is 0 Å². The molecule has 0 saturated heterocycles. The summed E-state index contributed by atoms with van der Waals surface area (Å²) in [6.45, 7) is 19.1. The van der Waals surface area contributed by atoms with Gasteiger partial charge in [-0.15, -0.1) is 0 Å². The van der Waals surface area contributed by atoms with Gasteiger partial charge in [-0.1, -0.05) is 34.6 Å². The zero-order valence-electron chi connectivity index (χ0n) is 13.1. The van der Waals surface area contributed by atoms with E-state index < -0.39 is 0 Å². The molecular formula is C16H33N. The van der Waals surface area contributed by atoms with Crippen molar-refractivity contribution in [2.24, 2.45) is 16.7 Å². The smallest absolute Gasteiger partial charge is 0.00384 e. The minimum Gasteiger partial charge on any atom is -0.301 e. The summed E-state index contributed by atoms with van der Waals surface area (Å²) in [5.41, 5.74) is 1.23. The molecule has 0 aromatic carbocycles. The van der Waals surface area contributed by atoms with Gasteiger partial charge in [-0.2, -0.15) is 0 Å². The van der Waals surface area contributed by atoms with Crippen LogP contribution in [0, 0.1) is 16.7 Å². The van der Waals surface area contributed by atoms with Gasteiger partial charge < -0.3 is 4.90 Å². The molecule has 0 atom stereocenters. The summed E-state index contributed by atoms with van der Waals surface area (Å²) in [6, 6.07) is 0.695. The summed E-state index contributed by atoms with van der Waals surface area (Å²) < 4.78 is 0. The Balaban J connectivity index is 2.39. The highest BCUT2D eigenvalue weighted by Crippen LogP contribution is 2.59. The second-order valence-corrected chi connectivity index (χ2v) is 7.45. The molecule has 0 spiro atoms. The van der Waals surface area contributed by atoms with Crippen molar-refractivity contribution < 1.29 is 0 Å². The van der Waals surface area contributed by atoms with Gasteiger partial charge in [0.15, 0.2) is 0 Å². The molecule has 1 aliphatic rings. The van der Waals surface area contributed by atoms with Gasteiger partial charge in [0.2, 0.25) is 0 Å². The van der Waals surface area contributed by atoms with Gasteiger partial charge in [-0.3, -0.25) is 0 Å². The predicted octanol–water partition coefficient (Wildman–Crippen LogP) is 4.57. The lowest BCUT2D eigenvalue weighted by atomic mass is 9.49. The van der Waals surface area contributed by atoms with Crippen molar-refractivity contribution in [3.05, 3.63) is 0 Å². The van der Waals surface area contributed by atoms with Gasteiger partial charge in [0.25, 0.3) is 0 Å². The lowest BCUT2D eigenvalue weighted by molar-refractivity contribution is -0.0583. The monoisotopic (exact) mass is 239 g/mol. The molecule has 0 aliphatic heterocycles. The fourth-order valence-electron chi connectivity index (χ4n) is 3.68. The topological polar surface area (TPSA) is 3.24 Å². The Morgan fingerprint density at radius 1 is 1.06 bits per heavy atom. The molecule has 102 valence electrons. The van der Waals surface area contributed by atoms with Gasteiger partial charge in [0.05, 0.1) is 0 Å². The van der Waals surface area contributed by atoms with Crippen LogP contribution >= 0.6 is 0 Å². The lowest BCUT2D eigenvalue weighted by Gasteiger charge is -2.56. The van der Waals surface area contributed by atoms with E-state index >= 15 is 0 Å². The quantitative estimate of drug-likeness (QED) is 0.656. The van der Waals surface area contributed by atoms with E-state index in [1.165, 1.54) is 32.4 Å². The van der Waals surface area contributed by atoms with E-state index in [9.17, 15) is 0 Å². The number of hydrogen-bond acceptors (Lipinski definition) is 1. The Morgan fingerprint density at radius 2 is 1.59 bits per heavy atom. The third kappa shape index (κ3) is 3.47. The maximum atomic E-state index is 2.59. The van der Waals surface area contributed by atoms with Crippen LogP contribution < -0.4 is 0 Å². The fourth-order valence-corrected chi connectivity index (χ4v) is 3.68. The van der Waals surface area contributed by atoms with E-state index in [-0.39, 0.29) is 0 Å². The maximum absolute atomic E-state index is 2.59. The first kappa shape index (κ1) is 15.0. The minimum atomic E-state index is 0.612. The summed E-state index contributed by atoms with van der Waals surface area (Å²) in [6.07, 6.45) is 4.22. The van der Waals surface area contributed by atoms with Crippen LogP contribution in [0.2, 0.25) is 0 Å². The lowest BCUT2D eigenvalue weighted by Crippen LogP contribution is -2.47. The Hall–Kier alpha value is -0.0400. The summed E-state index contributed by atoms with van der Waals surface area (Å²) in [7, 11) is 0. The van der Waals surface area contributed by atoms with Crippen molar-refractivity contribution in [2.75, 3.05) is 13.1 Å². The van der Waals surface area contributed by atoms with Crippen LogP contribution in [-0.4, -0.2) is 24.0 Å². The molecule has 0 heterocycles. The van der Waals surface area contributed by atoms with Crippen LogP contribution in [0.15, 0.2) is 0 Å². The van der Waals surface area contributed by atoms with Crippen LogP contribution in [0.25, 0.3) is 0 Å². The highest BCUT2D eigenvalue weighted by atomic mass is 15.1. The highest BCUT2D eigenvalue weighted by molar-refractivity contribution is 5.00. The average Bonchev–Trinajstić information content (AvgIpc) is 2.15. The van der Waals surface area contributed by atoms with E-state index in [2.05, 4.69) is 53.4 Å². The van der Waals surface area contributed by atoms with Crippen LogP contribution in [0.1, 0.15) is 67.7 Å². The second kappa shape index (κ2) is 5.30. The third-order valence-corrected chi connectivity index (χ3v) is 5.19. The molecule has 0 aromatic heterocycles. The standard InChI is InChI=1S/C16H33N/c1-8-17(14(4)5)10-9-15(6)11-16(7,12-15)13(2)3/h13-14H,8-12H2,1-7H3. The molecule has 0 N–H and O–H groups in total. The first-order valence-electron chi connectivity index (χ1n) is 7.46. The molecule has 1 nitrogen and oxygen atoms in total. The van der Waals surface area contributed by atoms with Gasteiger partial charge >= 0.3 is 0 Å². The SMILES string of the molecule is CCN(CCC1(C)CC(C)(C(C)C)C1)C(C)C. The van der Waals surface area contributed by atoms with E-state index in [0.717, 1.165) is 5.92 Å². The molecule has 0 unspecified atom stereocenters. The molecule has 1 saturated carbocycles. The second-order valence-electron chi connectivity index (χ2n) is 7.45. The zero-order chi connectivity index (χ0) is 13.3. The maximum Gasteiger partial charge on any atom is 0.00384 e. The van der Waals surface area contributed by atoms with Crippen LogP contribution in [-0.2, 0) is 0 Å². The van der Waals surface area contributed by atoms with E-state index in [0.29, 0.717) is 16.9 Å². The Morgan fingerprint density at radius 3 is 1.94 bits per heavy atom. The highest BCUT2D eigenvalue weighted by Gasteiger charge is 2.49.